The molecule has 0 aliphatic heterocycles. The first-order valence-electron chi connectivity index (χ1n) is 6.71. The van der Waals surface area contributed by atoms with Crippen LogP contribution in [0.3, 0.4) is 0 Å². The summed E-state index contributed by atoms with van der Waals surface area (Å²) in [5, 5.41) is 8.65. The van der Waals surface area contributed by atoms with Gasteiger partial charge in [-0.2, -0.15) is 0 Å². The maximum Gasteiger partial charge on any atom is 0.319 e. The van der Waals surface area contributed by atoms with Crippen LogP contribution < -0.4 is 21.5 Å². The number of aromatic amines is 1. The lowest BCUT2D eigenvalue weighted by Gasteiger charge is -2.09. The summed E-state index contributed by atoms with van der Waals surface area (Å²) in [4.78, 5) is 27.7. The molecular weight excluding hydrogens is 370 g/mol. The Morgan fingerprint density at radius 1 is 1.45 bits per heavy atom. The smallest absolute Gasteiger partial charge is 0.319 e. The fourth-order valence-electron chi connectivity index (χ4n) is 1.99. The van der Waals surface area contributed by atoms with Gasteiger partial charge in [-0.3, -0.25) is 9.17 Å². The van der Waals surface area contributed by atoms with Gasteiger partial charge in [-0.15, -0.1) is 0 Å². The monoisotopic (exact) mass is 383 g/mol. The van der Waals surface area contributed by atoms with Crippen molar-refractivity contribution in [1.29, 1.82) is 0 Å². The first-order chi connectivity index (χ1) is 10.6. The van der Waals surface area contributed by atoms with E-state index in [9.17, 15) is 9.59 Å². The molecule has 2 aromatic rings. The number of amides is 2. The zero-order valence-corrected chi connectivity index (χ0v) is 14.1. The van der Waals surface area contributed by atoms with Crippen LogP contribution in [0.1, 0.15) is 24.5 Å². The molecule has 116 valence electrons. The fourth-order valence-corrected chi connectivity index (χ4v) is 3.15. The molecule has 1 fully saturated rings. The van der Waals surface area contributed by atoms with Gasteiger partial charge in [0.25, 0.3) is 5.56 Å². The zero-order chi connectivity index (χ0) is 15.7. The molecule has 1 saturated carbocycles. The number of pyridine rings is 1. The van der Waals surface area contributed by atoms with E-state index in [1.807, 2.05) is 12.1 Å². The van der Waals surface area contributed by atoms with E-state index >= 15 is 0 Å². The van der Waals surface area contributed by atoms with Crippen LogP contribution in [0.15, 0.2) is 21.5 Å². The van der Waals surface area contributed by atoms with Gasteiger partial charge in [0.15, 0.2) is 0 Å². The molecular formula is C13H14BrN5O2S. The van der Waals surface area contributed by atoms with Gasteiger partial charge >= 0.3 is 6.03 Å². The van der Waals surface area contributed by atoms with E-state index in [4.69, 9.17) is 0 Å². The second kappa shape index (κ2) is 6.09. The van der Waals surface area contributed by atoms with Crippen molar-refractivity contribution in [2.75, 3.05) is 17.7 Å². The van der Waals surface area contributed by atoms with Gasteiger partial charge in [-0.1, -0.05) is 0 Å². The minimum Gasteiger partial charge on any atom is -0.344 e. The van der Waals surface area contributed by atoms with Crippen molar-refractivity contribution in [2.24, 2.45) is 0 Å². The van der Waals surface area contributed by atoms with Crippen molar-refractivity contribution in [3.05, 3.63) is 32.8 Å². The topological polar surface area (TPSA) is 98.9 Å². The summed E-state index contributed by atoms with van der Waals surface area (Å²) < 4.78 is 3.34. The van der Waals surface area contributed by atoms with Gasteiger partial charge in [0, 0.05) is 24.3 Å². The number of rotatable bonds is 4. The summed E-state index contributed by atoms with van der Waals surface area (Å²) in [6.07, 6.45) is 2.31. The van der Waals surface area contributed by atoms with E-state index in [-0.39, 0.29) is 11.2 Å². The van der Waals surface area contributed by atoms with Crippen molar-refractivity contribution >= 4 is 49.9 Å². The molecule has 2 amide bonds. The lowest BCUT2D eigenvalue weighted by molar-refractivity contribution is 0.254. The summed E-state index contributed by atoms with van der Waals surface area (Å²) in [7, 11) is 1.49. The third kappa shape index (κ3) is 3.30. The van der Waals surface area contributed by atoms with Crippen LogP contribution in [0.5, 0.6) is 0 Å². The first kappa shape index (κ1) is 15.0. The molecule has 2 aromatic heterocycles. The van der Waals surface area contributed by atoms with Crippen molar-refractivity contribution in [3.63, 3.8) is 0 Å². The van der Waals surface area contributed by atoms with E-state index < -0.39 is 6.03 Å². The van der Waals surface area contributed by atoms with Gasteiger partial charge in [-0.25, -0.2) is 9.78 Å². The number of urea groups is 1. The summed E-state index contributed by atoms with van der Waals surface area (Å²) in [6, 6.07) is 3.36. The number of halogens is 1. The van der Waals surface area contributed by atoms with Gasteiger partial charge in [0.05, 0.1) is 0 Å². The second-order valence-corrected chi connectivity index (χ2v) is 6.57. The zero-order valence-electron chi connectivity index (χ0n) is 11.7. The Morgan fingerprint density at radius 2 is 2.23 bits per heavy atom. The highest BCUT2D eigenvalue weighted by atomic mass is 79.9. The highest BCUT2D eigenvalue weighted by Gasteiger charge is 2.25. The van der Waals surface area contributed by atoms with Crippen LogP contribution in [0.25, 0.3) is 0 Å². The van der Waals surface area contributed by atoms with Gasteiger partial charge in [-0.05, 0) is 52.4 Å². The number of anilines is 3. The van der Waals surface area contributed by atoms with E-state index in [0.717, 1.165) is 40.4 Å². The van der Waals surface area contributed by atoms with Gasteiger partial charge in [0.2, 0.25) is 0 Å². The molecule has 2 heterocycles. The maximum atomic E-state index is 11.8. The predicted molar refractivity (Wildman–Crippen MR) is 90.2 cm³/mol. The van der Waals surface area contributed by atoms with Crippen LogP contribution in [-0.2, 0) is 0 Å². The standard InChI is InChI=1S/C13H14BrN5O2S/c1-15-13(21)18-10-11(20)19-22-12(10)16-7-4-8(6-2-3-6)17-9(14)5-7/h4-6H,2-3H2,1H3,(H,16,17)(H,19,20)(H2,15,18,21). The van der Waals surface area contributed by atoms with Crippen LogP contribution >= 0.6 is 27.5 Å². The minimum absolute atomic E-state index is 0.199. The molecule has 0 aromatic carbocycles. The molecule has 0 bridgehead atoms. The number of carbonyl (C=O) groups excluding carboxylic acids is 1. The molecule has 0 spiro atoms. The SMILES string of the molecule is CNC(=O)Nc1c(Nc2cc(Br)nc(C3CC3)c2)s[nH]c1=O. The van der Waals surface area contributed by atoms with E-state index in [1.165, 1.54) is 7.05 Å². The lowest BCUT2D eigenvalue weighted by Crippen LogP contribution is -2.27. The maximum absolute atomic E-state index is 11.8. The van der Waals surface area contributed by atoms with Crippen LogP contribution in [0, 0.1) is 0 Å². The number of nitrogens with zero attached hydrogens (tertiary/aromatic N) is 1. The third-order valence-corrected chi connectivity index (χ3v) is 4.44. The molecule has 0 radical (unpaired) electrons. The van der Waals surface area contributed by atoms with Gasteiger partial charge in [0.1, 0.15) is 15.3 Å². The summed E-state index contributed by atoms with van der Waals surface area (Å²) in [5.74, 6) is 0.520. The normalized spacial score (nSPS) is 13.7. The molecule has 1 aliphatic rings. The van der Waals surface area contributed by atoms with E-state index in [1.54, 1.807) is 0 Å². The second-order valence-electron chi connectivity index (χ2n) is 4.94. The summed E-state index contributed by atoms with van der Waals surface area (Å²) in [6.45, 7) is 0. The predicted octanol–water partition coefficient (Wildman–Crippen LogP) is 2.97. The third-order valence-electron chi connectivity index (χ3n) is 3.23. The van der Waals surface area contributed by atoms with Crippen molar-refractivity contribution in [2.45, 2.75) is 18.8 Å². The minimum atomic E-state index is -0.443. The molecule has 9 heteroatoms. The number of nitrogens with one attached hydrogen (secondary N) is 4. The molecule has 0 unspecified atom stereocenters. The Hall–Kier alpha value is -1.87. The lowest BCUT2D eigenvalue weighted by atomic mass is 10.2. The Labute approximate surface area is 138 Å². The Kier molecular flexibility index (Phi) is 4.16. The van der Waals surface area contributed by atoms with Crippen LogP contribution in [0.4, 0.5) is 21.2 Å². The van der Waals surface area contributed by atoms with E-state index in [0.29, 0.717) is 10.9 Å². The molecule has 4 N–H and O–H groups in total. The molecule has 3 rings (SSSR count). The largest absolute Gasteiger partial charge is 0.344 e. The van der Waals surface area contributed by atoms with E-state index in [2.05, 4.69) is 41.2 Å². The highest BCUT2D eigenvalue weighted by molar-refractivity contribution is 9.10. The molecule has 1 aliphatic carbocycles. The number of hydrogen-bond acceptors (Lipinski definition) is 5. The quantitative estimate of drug-likeness (QED) is 0.609. The number of aromatic nitrogens is 2. The van der Waals surface area contributed by atoms with Gasteiger partial charge < -0.3 is 16.0 Å². The Bertz CT molecular complexity index is 768. The number of carbonyl (C=O) groups is 1. The highest BCUT2D eigenvalue weighted by Crippen LogP contribution is 2.40. The molecule has 7 nitrogen and oxygen atoms in total. The summed E-state index contributed by atoms with van der Waals surface area (Å²) in [5.41, 5.74) is 1.71. The molecule has 22 heavy (non-hydrogen) atoms. The van der Waals surface area contributed by atoms with Crippen molar-refractivity contribution in [3.8, 4) is 0 Å². The molecule has 0 atom stereocenters. The van der Waals surface area contributed by atoms with Crippen molar-refractivity contribution in [1.82, 2.24) is 14.7 Å². The summed E-state index contributed by atoms with van der Waals surface area (Å²) >= 11 is 4.53. The average molecular weight is 384 g/mol. The number of H-pyrrole nitrogens is 1. The fraction of sp³-hybridized carbons (Fsp3) is 0.308. The van der Waals surface area contributed by atoms with Crippen LogP contribution in [0.2, 0.25) is 0 Å². The average Bonchev–Trinajstić information content (AvgIpc) is 3.28. The van der Waals surface area contributed by atoms with Crippen molar-refractivity contribution < 1.29 is 4.79 Å². The number of hydrogen-bond donors (Lipinski definition) is 4. The Balaban J connectivity index is 1.87. The molecule has 0 saturated heterocycles. The first-order valence-corrected chi connectivity index (χ1v) is 8.32. The van der Waals surface area contributed by atoms with Crippen LogP contribution in [-0.4, -0.2) is 22.4 Å². The Morgan fingerprint density at radius 3 is 2.91 bits per heavy atom.